The van der Waals surface area contributed by atoms with Crippen LogP contribution in [0, 0.1) is 10.5 Å². The minimum atomic E-state index is 0.253. The third kappa shape index (κ3) is 3.20. The van der Waals surface area contributed by atoms with Crippen molar-refractivity contribution in [1.82, 2.24) is 20.1 Å². The molecule has 0 bridgehead atoms. The quantitative estimate of drug-likeness (QED) is 0.805. The van der Waals surface area contributed by atoms with E-state index in [2.05, 4.69) is 77.0 Å². The summed E-state index contributed by atoms with van der Waals surface area (Å²) in [7, 11) is 2.00. The molecule has 0 saturated heterocycles. The van der Waals surface area contributed by atoms with Gasteiger partial charge in [-0.3, -0.25) is 0 Å². The van der Waals surface area contributed by atoms with E-state index in [1.807, 2.05) is 11.7 Å². The van der Waals surface area contributed by atoms with Crippen molar-refractivity contribution in [2.45, 2.75) is 39.3 Å². The number of hydrogen-bond acceptors (Lipinski definition) is 3. The number of halogens is 1. The third-order valence-electron chi connectivity index (χ3n) is 3.47. The van der Waals surface area contributed by atoms with Crippen molar-refractivity contribution >= 4 is 22.6 Å². The fourth-order valence-corrected chi connectivity index (χ4v) is 3.08. The van der Waals surface area contributed by atoms with Crippen LogP contribution in [-0.4, -0.2) is 21.8 Å². The molecule has 0 aliphatic heterocycles. The average Bonchev–Trinajstić information content (AvgIpc) is 2.88. The summed E-state index contributed by atoms with van der Waals surface area (Å²) in [5.74, 6) is 1.02. The molecule has 0 radical (unpaired) electrons. The first-order valence-electron chi connectivity index (χ1n) is 6.85. The van der Waals surface area contributed by atoms with Crippen LogP contribution in [0.2, 0.25) is 0 Å². The molecule has 1 aromatic carbocycles. The molecule has 1 heterocycles. The Balaban J connectivity index is 2.29. The van der Waals surface area contributed by atoms with E-state index in [0.29, 0.717) is 6.04 Å². The molecule has 0 fully saturated rings. The number of nitrogens with one attached hydrogen (secondary N) is 1. The van der Waals surface area contributed by atoms with Gasteiger partial charge in [0.15, 0.2) is 0 Å². The van der Waals surface area contributed by atoms with Gasteiger partial charge >= 0.3 is 0 Å². The van der Waals surface area contributed by atoms with Crippen molar-refractivity contribution in [2.75, 3.05) is 7.05 Å². The standard InChI is InChI=1S/C15H21IN4/c1-10(2)20-14(18-9-19-20)8-13(17-4)12-7-5-6-11(3)15(12)16/h5-7,9-10,13,17H,8H2,1-4H3. The van der Waals surface area contributed by atoms with Crippen molar-refractivity contribution in [3.63, 3.8) is 0 Å². The molecule has 2 rings (SSSR count). The first-order chi connectivity index (χ1) is 9.54. The normalized spacial score (nSPS) is 12.9. The number of hydrogen-bond donors (Lipinski definition) is 1. The van der Waals surface area contributed by atoms with Gasteiger partial charge < -0.3 is 5.32 Å². The SMILES string of the molecule is CNC(Cc1ncnn1C(C)C)c1cccc(C)c1I. The maximum Gasteiger partial charge on any atom is 0.138 e. The highest BCUT2D eigenvalue weighted by molar-refractivity contribution is 14.1. The van der Waals surface area contributed by atoms with Crippen LogP contribution in [0.25, 0.3) is 0 Å². The zero-order chi connectivity index (χ0) is 14.7. The van der Waals surface area contributed by atoms with Crippen LogP contribution in [-0.2, 0) is 6.42 Å². The van der Waals surface area contributed by atoms with Gasteiger partial charge in [-0.25, -0.2) is 9.67 Å². The Kier molecular flexibility index (Phi) is 5.15. The van der Waals surface area contributed by atoms with E-state index < -0.39 is 0 Å². The molecule has 0 aliphatic rings. The molecule has 108 valence electrons. The predicted octanol–water partition coefficient (Wildman–Crippen LogP) is 3.28. The fourth-order valence-electron chi connectivity index (χ4n) is 2.34. The van der Waals surface area contributed by atoms with Crippen LogP contribution in [0.1, 0.15) is 42.9 Å². The largest absolute Gasteiger partial charge is 0.313 e. The zero-order valence-electron chi connectivity index (χ0n) is 12.4. The van der Waals surface area contributed by atoms with Crippen LogP contribution in [0.15, 0.2) is 24.5 Å². The molecular weight excluding hydrogens is 363 g/mol. The third-order valence-corrected chi connectivity index (χ3v) is 4.94. The second kappa shape index (κ2) is 6.67. The van der Waals surface area contributed by atoms with Crippen LogP contribution >= 0.6 is 22.6 Å². The number of rotatable bonds is 5. The van der Waals surface area contributed by atoms with E-state index in [1.54, 1.807) is 6.33 Å². The van der Waals surface area contributed by atoms with E-state index >= 15 is 0 Å². The number of benzene rings is 1. The summed E-state index contributed by atoms with van der Waals surface area (Å²) in [5, 5.41) is 7.72. The average molecular weight is 384 g/mol. The van der Waals surface area contributed by atoms with Crippen molar-refractivity contribution in [2.24, 2.45) is 0 Å². The van der Waals surface area contributed by atoms with Gasteiger partial charge in [0.25, 0.3) is 0 Å². The highest BCUT2D eigenvalue weighted by atomic mass is 127. The highest BCUT2D eigenvalue weighted by Gasteiger charge is 2.18. The van der Waals surface area contributed by atoms with Crippen LogP contribution < -0.4 is 5.32 Å². The summed E-state index contributed by atoms with van der Waals surface area (Å²) in [4.78, 5) is 4.41. The number of nitrogens with zero attached hydrogens (tertiary/aromatic N) is 3. The summed E-state index contributed by atoms with van der Waals surface area (Å²) in [6.07, 6.45) is 2.48. The predicted molar refractivity (Wildman–Crippen MR) is 89.8 cm³/mol. The van der Waals surface area contributed by atoms with Gasteiger partial charge in [0, 0.05) is 22.1 Å². The smallest absolute Gasteiger partial charge is 0.138 e. The van der Waals surface area contributed by atoms with Crippen molar-refractivity contribution in [1.29, 1.82) is 0 Å². The second-order valence-electron chi connectivity index (χ2n) is 5.24. The van der Waals surface area contributed by atoms with Gasteiger partial charge in [0.05, 0.1) is 0 Å². The number of likely N-dealkylation sites (N-methyl/N-ethyl adjacent to an activating group) is 1. The maximum absolute atomic E-state index is 4.41. The van der Waals surface area contributed by atoms with E-state index in [1.165, 1.54) is 14.7 Å². The molecule has 4 nitrogen and oxygen atoms in total. The molecule has 0 amide bonds. The van der Waals surface area contributed by atoms with E-state index in [9.17, 15) is 0 Å². The van der Waals surface area contributed by atoms with Crippen LogP contribution in [0.4, 0.5) is 0 Å². The lowest BCUT2D eigenvalue weighted by molar-refractivity contribution is 0.477. The monoisotopic (exact) mass is 384 g/mol. The summed E-state index contributed by atoms with van der Waals surface area (Å²) in [6.45, 7) is 6.40. The summed E-state index contributed by atoms with van der Waals surface area (Å²) >= 11 is 2.42. The van der Waals surface area contributed by atoms with E-state index in [-0.39, 0.29) is 6.04 Å². The van der Waals surface area contributed by atoms with Crippen molar-refractivity contribution in [3.05, 3.63) is 45.0 Å². The lowest BCUT2D eigenvalue weighted by Gasteiger charge is -2.20. The number of aryl methyl sites for hydroxylation is 1. The van der Waals surface area contributed by atoms with Crippen molar-refractivity contribution < 1.29 is 0 Å². The molecule has 5 heteroatoms. The summed E-state index contributed by atoms with van der Waals surface area (Å²) in [5.41, 5.74) is 2.64. The first-order valence-corrected chi connectivity index (χ1v) is 7.93. The Morgan fingerprint density at radius 3 is 2.75 bits per heavy atom. The van der Waals surface area contributed by atoms with Gasteiger partial charge in [-0.2, -0.15) is 5.10 Å². The zero-order valence-corrected chi connectivity index (χ0v) is 14.5. The van der Waals surface area contributed by atoms with Gasteiger partial charge in [-0.1, -0.05) is 18.2 Å². The molecule has 1 unspecified atom stereocenters. The molecule has 1 aromatic heterocycles. The minimum Gasteiger partial charge on any atom is -0.313 e. The Labute approximate surface area is 134 Å². The molecular formula is C15H21IN4. The molecule has 2 aromatic rings. The van der Waals surface area contributed by atoms with Crippen LogP contribution in [0.5, 0.6) is 0 Å². The van der Waals surface area contributed by atoms with Gasteiger partial charge in [0.1, 0.15) is 12.2 Å². The van der Waals surface area contributed by atoms with Gasteiger partial charge in [-0.05, 0) is 61.5 Å². The van der Waals surface area contributed by atoms with E-state index in [0.717, 1.165) is 12.2 Å². The van der Waals surface area contributed by atoms with Gasteiger partial charge in [0.2, 0.25) is 0 Å². The Morgan fingerprint density at radius 2 is 2.10 bits per heavy atom. The van der Waals surface area contributed by atoms with E-state index in [4.69, 9.17) is 0 Å². The lowest BCUT2D eigenvalue weighted by atomic mass is 10.0. The van der Waals surface area contributed by atoms with Crippen LogP contribution in [0.3, 0.4) is 0 Å². The summed E-state index contributed by atoms with van der Waals surface area (Å²) < 4.78 is 3.31. The molecule has 20 heavy (non-hydrogen) atoms. The molecule has 0 saturated carbocycles. The second-order valence-corrected chi connectivity index (χ2v) is 6.32. The molecule has 0 aliphatic carbocycles. The Bertz CT molecular complexity index is 577. The Morgan fingerprint density at radius 1 is 1.35 bits per heavy atom. The lowest BCUT2D eigenvalue weighted by Crippen LogP contribution is -2.22. The van der Waals surface area contributed by atoms with Crippen molar-refractivity contribution in [3.8, 4) is 0 Å². The Hall–Kier alpha value is -0.950. The molecule has 0 spiro atoms. The first kappa shape index (κ1) is 15.4. The molecule has 1 atom stereocenters. The highest BCUT2D eigenvalue weighted by Crippen LogP contribution is 2.25. The molecule has 1 N–H and O–H groups in total. The minimum absolute atomic E-state index is 0.253. The maximum atomic E-state index is 4.41. The summed E-state index contributed by atoms with van der Waals surface area (Å²) in [6, 6.07) is 7.04. The number of aromatic nitrogens is 3. The topological polar surface area (TPSA) is 42.7 Å². The van der Waals surface area contributed by atoms with Gasteiger partial charge in [-0.15, -0.1) is 0 Å². The fraction of sp³-hybridized carbons (Fsp3) is 0.467.